The molecule has 0 radical (unpaired) electrons. The minimum Gasteiger partial charge on any atom is -0.493 e. The third-order valence-corrected chi connectivity index (χ3v) is 8.99. The molecule has 32 heavy (non-hydrogen) atoms. The lowest BCUT2D eigenvalue weighted by atomic mass is 9.99. The van der Waals surface area contributed by atoms with Crippen LogP contribution >= 0.6 is 11.6 Å². The molecule has 1 aliphatic rings. The molecular weight excluding hydrogens is 470 g/mol. The van der Waals surface area contributed by atoms with Crippen molar-refractivity contribution in [1.29, 1.82) is 0 Å². The van der Waals surface area contributed by atoms with Crippen LogP contribution in [0.2, 0.25) is 5.02 Å². The Morgan fingerprint density at radius 2 is 1.75 bits per heavy atom. The van der Waals surface area contributed by atoms with Crippen LogP contribution in [-0.2, 0) is 26.1 Å². The Bertz CT molecular complexity index is 1120. The number of halogens is 1. The van der Waals surface area contributed by atoms with E-state index in [2.05, 4.69) is 17.9 Å². The van der Waals surface area contributed by atoms with Crippen LogP contribution in [0.5, 0.6) is 5.75 Å². The molecule has 0 spiro atoms. The van der Waals surface area contributed by atoms with E-state index >= 15 is 0 Å². The van der Waals surface area contributed by atoms with Crippen molar-refractivity contribution in [3.05, 3.63) is 59.1 Å². The summed E-state index contributed by atoms with van der Waals surface area (Å²) in [6, 6.07) is 14.2. The van der Waals surface area contributed by atoms with E-state index in [1.165, 1.54) is 17.7 Å². The van der Waals surface area contributed by atoms with E-state index < -0.39 is 25.4 Å². The van der Waals surface area contributed by atoms with Gasteiger partial charge in [0, 0.05) is 36.8 Å². The summed E-state index contributed by atoms with van der Waals surface area (Å²) in [6.45, 7) is 5.74. The number of likely N-dealkylation sites (tertiary alicyclic amines) is 1. The number of sulfone groups is 2. The van der Waals surface area contributed by atoms with E-state index in [9.17, 15) is 16.8 Å². The quantitative estimate of drug-likeness (QED) is 0.498. The first kappa shape index (κ1) is 25.0. The molecule has 0 saturated carbocycles. The van der Waals surface area contributed by atoms with Gasteiger partial charge in [0.15, 0.2) is 9.84 Å². The fraction of sp³-hybridized carbons (Fsp3) is 0.478. The van der Waals surface area contributed by atoms with Crippen molar-refractivity contribution >= 4 is 31.3 Å². The SMILES string of the molecule is CC1CN(CCc2cccc(Cl)c2)CC1COc1ccc(S(=O)(=O)CCS(C)(=O)=O)cc1. The molecule has 6 nitrogen and oxygen atoms in total. The number of benzene rings is 2. The van der Waals surface area contributed by atoms with Gasteiger partial charge in [-0.05, 0) is 54.3 Å². The summed E-state index contributed by atoms with van der Waals surface area (Å²) in [6.07, 6.45) is 1.98. The fourth-order valence-corrected chi connectivity index (χ4v) is 6.94. The maximum Gasteiger partial charge on any atom is 0.179 e. The molecule has 0 N–H and O–H groups in total. The summed E-state index contributed by atoms with van der Waals surface area (Å²) in [5.41, 5.74) is 1.23. The van der Waals surface area contributed by atoms with Gasteiger partial charge < -0.3 is 9.64 Å². The van der Waals surface area contributed by atoms with Crippen LogP contribution in [0.25, 0.3) is 0 Å². The summed E-state index contributed by atoms with van der Waals surface area (Å²) < 4.78 is 53.1. The normalized spacial score (nSPS) is 19.8. The van der Waals surface area contributed by atoms with Gasteiger partial charge in [-0.2, -0.15) is 0 Å². The van der Waals surface area contributed by atoms with Gasteiger partial charge in [-0.1, -0.05) is 30.7 Å². The molecule has 1 fully saturated rings. The minimum atomic E-state index is -3.64. The third kappa shape index (κ3) is 7.47. The standard InChI is InChI=1S/C23H30ClNO5S2/c1-18-15-25(11-10-19-4-3-5-21(24)14-19)16-20(18)17-30-22-6-8-23(9-7-22)32(28,29)13-12-31(2,26)27/h3-9,14,18,20H,10-13,15-17H2,1-2H3. The van der Waals surface area contributed by atoms with Crippen molar-refractivity contribution in [3.8, 4) is 5.75 Å². The molecule has 0 bridgehead atoms. The summed E-state index contributed by atoms with van der Waals surface area (Å²) in [4.78, 5) is 2.55. The van der Waals surface area contributed by atoms with E-state index in [0.29, 0.717) is 24.2 Å². The van der Waals surface area contributed by atoms with Gasteiger partial charge in [-0.15, -0.1) is 0 Å². The molecule has 2 unspecified atom stereocenters. The Balaban J connectivity index is 1.48. The molecule has 3 rings (SSSR count). The third-order valence-electron chi connectivity index (χ3n) is 5.82. The zero-order chi connectivity index (χ0) is 23.4. The van der Waals surface area contributed by atoms with Crippen molar-refractivity contribution in [1.82, 2.24) is 4.90 Å². The summed E-state index contributed by atoms with van der Waals surface area (Å²) in [5.74, 6) is 0.701. The van der Waals surface area contributed by atoms with E-state index in [4.69, 9.17) is 16.3 Å². The summed E-state index contributed by atoms with van der Waals surface area (Å²) >= 11 is 6.07. The lowest BCUT2D eigenvalue weighted by molar-refractivity contribution is 0.225. The smallest absolute Gasteiger partial charge is 0.179 e. The highest BCUT2D eigenvalue weighted by molar-refractivity contribution is 7.94. The first-order valence-electron chi connectivity index (χ1n) is 10.6. The van der Waals surface area contributed by atoms with Crippen molar-refractivity contribution < 1.29 is 21.6 Å². The number of ether oxygens (including phenoxy) is 1. The first-order chi connectivity index (χ1) is 15.0. The molecule has 0 aromatic heterocycles. The summed E-state index contributed by atoms with van der Waals surface area (Å²) in [5, 5.41) is 0.762. The second-order valence-corrected chi connectivity index (χ2v) is 13.4. The molecule has 0 amide bonds. The van der Waals surface area contributed by atoms with E-state index in [1.807, 2.05) is 18.2 Å². The fourth-order valence-electron chi connectivity index (χ4n) is 3.85. The topological polar surface area (TPSA) is 80.8 Å². The van der Waals surface area contributed by atoms with Gasteiger partial charge in [0.05, 0.1) is 23.0 Å². The predicted molar refractivity (Wildman–Crippen MR) is 128 cm³/mol. The molecule has 1 heterocycles. The molecule has 1 saturated heterocycles. The van der Waals surface area contributed by atoms with Crippen LogP contribution in [0.15, 0.2) is 53.4 Å². The van der Waals surface area contributed by atoms with Crippen LogP contribution in [0.1, 0.15) is 12.5 Å². The van der Waals surface area contributed by atoms with Crippen molar-refractivity contribution in [2.24, 2.45) is 11.8 Å². The molecule has 9 heteroatoms. The average molecular weight is 500 g/mol. The van der Waals surface area contributed by atoms with Crippen molar-refractivity contribution in [3.63, 3.8) is 0 Å². The van der Waals surface area contributed by atoms with E-state index in [-0.39, 0.29) is 10.6 Å². The lowest BCUT2D eigenvalue weighted by Crippen LogP contribution is -2.24. The highest BCUT2D eigenvalue weighted by Gasteiger charge is 2.29. The van der Waals surface area contributed by atoms with Gasteiger partial charge in [0.25, 0.3) is 0 Å². The Morgan fingerprint density at radius 3 is 2.41 bits per heavy atom. The average Bonchev–Trinajstić information content (AvgIpc) is 3.09. The van der Waals surface area contributed by atoms with Crippen LogP contribution in [0, 0.1) is 11.8 Å². The zero-order valence-corrected chi connectivity index (χ0v) is 20.8. The Morgan fingerprint density at radius 1 is 1.03 bits per heavy atom. The van der Waals surface area contributed by atoms with Gasteiger partial charge in [-0.25, -0.2) is 16.8 Å². The molecule has 1 aliphatic heterocycles. The molecule has 2 aromatic rings. The van der Waals surface area contributed by atoms with Gasteiger partial charge >= 0.3 is 0 Å². The van der Waals surface area contributed by atoms with Crippen LogP contribution in [0.3, 0.4) is 0 Å². The largest absolute Gasteiger partial charge is 0.493 e. The van der Waals surface area contributed by atoms with Crippen LogP contribution in [0.4, 0.5) is 0 Å². The highest BCUT2D eigenvalue weighted by atomic mass is 35.5. The van der Waals surface area contributed by atoms with E-state index in [1.54, 1.807) is 12.1 Å². The highest BCUT2D eigenvalue weighted by Crippen LogP contribution is 2.25. The monoisotopic (exact) mass is 499 g/mol. The zero-order valence-electron chi connectivity index (χ0n) is 18.4. The van der Waals surface area contributed by atoms with E-state index in [0.717, 1.165) is 37.3 Å². The predicted octanol–water partition coefficient (Wildman–Crippen LogP) is 3.35. The van der Waals surface area contributed by atoms with Crippen molar-refractivity contribution in [2.75, 3.05) is 44.0 Å². The minimum absolute atomic E-state index is 0.106. The molecule has 2 atom stereocenters. The molecular formula is C23H30ClNO5S2. The van der Waals surface area contributed by atoms with Crippen LogP contribution < -0.4 is 4.74 Å². The number of hydrogen-bond donors (Lipinski definition) is 0. The molecule has 2 aromatic carbocycles. The molecule has 176 valence electrons. The van der Waals surface area contributed by atoms with Gasteiger partial charge in [0.2, 0.25) is 0 Å². The Kier molecular flexibility index (Phi) is 8.25. The second-order valence-electron chi connectivity index (χ2n) is 8.61. The van der Waals surface area contributed by atoms with Gasteiger partial charge in [0.1, 0.15) is 15.6 Å². The second kappa shape index (κ2) is 10.5. The van der Waals surface area contributed by atoms with Crippen LogP contribution in [-0.4, -0.2) is 65.7 Å². The maximum absolute atomic E-state index is 12.3. The lowest BCUT2D eigenvalue weighted by Gasteiger charge is -2.17. The molecule has 0 aliphatic carbocycles. The number of hydrogen-bond acceptors (Lipinski definition) is 6. The van der Waals surface area contributed by atoms with Crippen molar-refractivity contribution in [2.45, 2.75) is 18.2 Å². The Labute approximate surface area is 196 Å². The summed E-state index contributed by atoms with van der Waals surface area (Å²) in [7, 11) is -6.98. The first-order valence-corrected chi connectivity index (χ1v) is 14.7. The van der Waals surface area contributed by atoms with Gasteiger partial charge in [-0.3, -0.25) is 0 Å². The number of nitrogens with zero attached hydrogens (tertiary/aromatic N) is 1. The number of rotatable bonds is 10. The Hall–Kier alpha value is -1.61. The maximum atomic E-state index is 12.3.